The Morgan fingerprint density at radius 3 is 2.00 bits per heavy atom. The van der Waals surface area contributed by atoms with Crippen molar-refractivity contribution in [3.05, 3.63) is 59.5 Å². The van der Waals surface area contributed by atoms with Crippen LogP contribution in [0.25, 0.3) is 17.2 Å². The van der Waals surface area contributed by atoms with Crippen LogP contribution in [0.1, 0.15) is 36.3 Å². The van der Waals surface area contributed by atoms with Crippen molar-refractivity contribution in [3.8, 4) is 17.2 Å². The van der Waals surface area contributed by atoms with Gasteiger partial charge in [0.25, 0.3) is 0 Å². The number of carbonyl (C=O) groups is 2. The Balaban J connectivity index is 0.000000271. The van der Waals surface area contributed by atoms with Gasteiger partial charge < -0.3 is 10.2 Å². The highest BCUT2D eigenvalue weighted by atomic mass is 19.4. The summed E-state index contributed by atoms with van der Waals surface area (Å²) in [6.45, 7) is 4.22. The second-order valence-electron chi connectivity index (χ2n) is 7.56. The van der Waals surface area contributed by atoms with Gasteiger partial charge in [0.15, 0.2) is 5.82 Å². The van der Waals surface area contributed by atoms with E-state index in [0.717, 1.165) is 35.9 Å². The van der Waals surface area contributed by atoms with Crippen LogP contribution < -0.4 is 0 Å². The number of benzene rings is 1. The lowest BCUT2D eigenvalue weighted by Crippen LogP contribution is -2.21. The largest absolute Gasteiger partial charge is 0.490 e. The number of aryl methyl sites for hydroxylation is 2. The number of carboxylic acid groups (broad SMARTS) is 2. The van der Waals surface area contributed by atoms with Gasteiger partial charge in [-0.2, -0.15) is 26.3 Å². The molecule has 36 heavy (non-hydrogen) atoms. The number of para-hydroxylation sites is 1. The number of alkyl halides is 6. The molecule has 2 N–H and O–H groups in total. The van der Waals surface area contributed by atoms with E-state index in [9.17, 15) is 26.3 Å². The van der Waals surface area contributed by atoms with Crippen LogP contribution in [0.3, 0.4) is 0 Å². The first-order valence-corrected chi connectivity index (χ1v) is 10.2. The maximum Gasteiger partial charge on any atom is 0.490 e. The van der Waals surface area contributed by atoms with Gasteiger partial charge in [0.05, 0.1) is 5.69 Å². The Morgan fingerprint density at radius 2 is 1.47 bits per heavy atom. The topological polar surface area (TPSA) is 118 Å². The molecule has 3 aromatic rings. The highest BCUT2D eigenvalue weighted by molar-refractivity contribution is 5.73. The molecule has 0 saturated carbocycles. The number of aromatic nitrogens is 4. The van der Waals surface area contributed by atoms with Crippen LogP contribution in [0.5, 0.6) is 0 Å². The molecular formula is C22H20F6N4O4. The van der Waals surface area contributed by atoms with E-state index in [4.69, 9.17) is 19.8 Å². The van der Waals surface area contributed by atoms with Crippen molar-refractivity contribution in [1.29, 1.82) is 0 Å². The quantitative estimate of drug-likeness (QED) is 0.438. The second-order valence-corrected chi connectivity index (χ2v) is 7.56. The fraction of sp³-hybridized carbons (Fsp3) is 0.318. The molecule has 1 atom stereocenters. The minimum Gasteiger partial charge on any atom is -0.475 e. The molecule has 194 valence electrons. The van der Waals surface area contributed by atoms with E-state index < -0.39 is 24.3 Å². The Morgan fingerprint density at radius 1 is 0.917 bits per heavy atom. The number of hydrogen-bond acceptors (Lipinski definition) is 5. The van der Waals surface area contributed by atoms with E-state index in [1.54, 1.807) is 0 Å². The number of halogens is 6. The average Bonchev–Trinajstić information content (AvgIpc) is 3.17. The molecule has 0 amide bonds. The van der Waals surface area contributed by atoms with Gasteiger partial charge in [-0.25, -0.2) is 14.6 Å². The van der Waals surface area contributed by atoms with Crippen molar-refractivity contribution in [2.24, 2.45) is 0 Å². The van der Waals surface area contributed by atoms with Gasteiger partial charge in [0.2, 0.25) is 0 Å². The van der Waals surface area contributed by atoms with Crippen LogP contribution in [0.2, 0.25) is 0 Å². The Bertz CT molecular complexity index is 1200. The lowest BCUT2D eigenvalue weighted by atomic mass is 10.0. The predicted octanol–water partition coefficient (Wildman–Crippen LogP) is 4.95. The van der Waals surface area contributed by atoms with Crippen LogP contribution in [-0.2, 0) is 16.0 Å². The molecule has 0 spiro atoms. The van der Waals surface area contributed by atoms with Gasteiger partial charge in [-0.15, -0.1) is 10.2 Å². The molecule has 1 aliphatic rings. The number of hydrogen-bond donors (Lipinski definition) is 2. The summed E-state index contributed by atoms with van der Waals surface area (Å²) in [7, 11) is 0. The third-order valence-corrected chi connectivity index (χ3v) is 4.81. The minimum absolute atomic E-state index is 0.387. The number of fused-ring (bicyclic) bond motifs is 3. The molecule has 0 bridgehead atoms. The Hall–Kier alpha value is -3.97. The second kappa shape index (κ2) is 11.2. The van der Waals surface area contributed by atoms with E-state index in [2.05, 4.69) is 50.9 Å². The Labute approximate surface area is 200 Å². The predicted molar refractivity (Wildman–Crippen MR) is 113 cm³/mol. The van der Waals surface area contributed by atoms with E-state index >= 15 is 0 Å². The molecule has 4 rings (SSSR count). The molecule has 8 nitrogen and oxygen atoms in total. The average molecular weight is 518 g/mol. The summed E-state index contributed by atoms with van der Waals surface area (Å²) in [5.74, 6) is -3.26. The highest BCUT2D eigenvalue weighted by Crippen LogP contribution is 2.33. The lowest BCUT2D eigenvalue weighted by molar-refractivity contribution is -0.193. The van der Waals surface area contributed by atoms with Crippen molar-refractivity contribution in [2.75, 3.05) is 0 Å². The molecule has 14 heteroatoms. The van der Waals surface area contributed by atoms with Crippen molar-refractivity contribution in [3.63, 3.8) is 0 Å². The normalized spacial score (nSPS) is 14.6. The van der Waals surface area contributed by atoms with Crippen LogP contribution in [-0.4, -0.2) is 54.3 Å². The summed E-state index contributed by atoms with van der Waals surface area (Å²) in [6.07, 6.45) is -8.00. The third kappa shape index (κ3) is 7.26. The van der Waals surface area contributed by atoms with E-state index in [1.165, 1.54) is 11.3 Å². The number of pyridine rings is 1. The summed E-state index contributed by atoms with van der Waals surface area (Å²) >= 11 is 0. The molecule has 0 fully saturated rings. The van der Waals surface area contributed by atoms with Gasteiger partial charge in [-0.3, -0.25) is 4.57 Å². The van der Waals surface area contributed by atoms with E-state index in [1.807, 2.05) is 25.1 Å². The molecule has 3 heterocycles. The molecule has 1 aliphatic heterocycles. The molecule has 1 aromatic carbocycles. The summed E-state index contributed by atoms with van der Waals surface area (Å²) in [6, 6.07) is 14.5. The van der Waals surface area contributed by atoms with Crippen LogP contribution in [0.15, 0.2) is 42.5 Å². The van der Waals surface area contributed by atoms with Gasteiger partial charge >= 0.3 is 24.3 Å². The first-order chi connectivity index (χ1) is 16.6. The number of rotatable bonds is 1. The first kappa shape index (κ1) is 28.3. The molecular weight excluding hydrogens is 498 g/mol. The van der Waals surface area contributed by atoms with Crippen molar-refractivity contribution in [1.82, 2.24) is 19.7 Å². The van der Waals surface area contributed by atoms with Gasteiger partial charge in [0.1, 0.15) is 11.5 Å². The standard InChI is InChI=1S/C18H18N4.2C2HF3O2/c1-12-10-11-14-7-3-4-9-16(14)22-17(12)20-21-18(22)15-8-5-6-13(2)19-15;2*3-2(4,5)1(6)7/h3-9,12H,10-11H2,1-2H3;2*(H,6,7). The summed E-state index contributed by atoms with van der Waals surface area (Å²) in [5.41, 5.74) is 4.40. The number of aliphatic carboxylic acids is 2. The highest BCUT2D eigenvalue weighted by Gasteiger charge is 2.38. The van der Waals surface area contributed by atoms with Crippen molar-refractivity contribution in [2.45, 2.75) is 45.0 Å². The van der Waals surface area contributed by atoms with Crippen LogP contribution in [0, 0.1) is 6.92 Å². The number of carboxylic acids is 2. The van der Waals surface area contributed by atoms with Crippen LogP contribution in [0.4, 0.5) is 26.3 Å². The fourth-order valence-electron chi connectivity index (χ4n) is 3.13. The Kier molecular flexibility index (Phi) is 8.78. The molecule has 0 aliphatic carbocycles. The maximum atomic E-state index is 10.6. The van der Waals surface area contributed by atoms with Gasteiger partial charge in [0, 0.05) is 11.6 Å². The minimum atomic E-state index is -5.08. The fourth-order valence-corrected chi connectivity index (χ4v) is 3.13. The smallest absolute Gasteiger partial charge is 0.475 e. The SMILES string of the molecule is Cc1cccc(-c2nnc3n2-c2ccccc2CCC3C)n1.O=C(O)C(F)(F)F.O=C(O)C(F)(F)F. The van der Waals surface area contributed by atoms with Crippen LogP contribution >= 0.6 is 0 Å². The summed E-state index contributed by atoms with van der Waals surface area (Å²) in [5, 5.41) is 23.2. The molecule has 0 saturated heterocycles. The van der Waals surface area contributed by atoms with Gasteiger partial charge in [-0.05, 0) is 43.5 Å². The monoisotopic (exact) mass is 518 g/mol. The first-order valence-electron chi connectivity index (χ1n) is 10.2. The summed E-state index contributed by atoms with van der Waals surface area (Å²) < 4.78 is 65.7. The van der Waals surface area contributed by atoms with Crippen molar-refractivity contribution >= 4 is 11.9 Å². The van der Waals surface area contributed by atoms with Crippen molar-refractivity contribution < 1.29 is 46.1 Å². The zero-order valence-corrected chi connectivity index (χ0v) is 18.8. The zero-order chi connectivity index (χ0) is 27.3. The molecule has 1 unspecified atom stereocenters. The zero-order valence-electron chi connectivity index (χ0n) is 18.8. The third-order valence-electron chi connectivity index (χ3n) is 4.81. The maximum absolute atomic E-state index is 10.6. The van der Waals surface area contributed by atoms with Gasteiger partial charge in [-0.1, -0.05) is 31.2 Å². The van der Waals surface area contributed by atoms with E-state index in [0.29, 0.717) is 5.92 Å². The molecule has 0 radical (unpaired) electrons. The summed E-state index contributed by atoms with van der Waals surface area (Å²) in [4.78, 5) is 22.4. The van der Waals surface area contributed by atoms with E-state index in [-0.39, 0.29) is 0 Å². The lowest BCUT2D eigenvalue weighted by Gasteiger charge is -2.12. The number of nitrogens with zero attached hydrogens (tertiary/aromatic N) is 4. The molecule has 2 aromatic heterocycles.